The third-order valence-corrected chi connectivity index (χ3v) is 13.6. The van der Waals surface area contributed by atoms with E-state index in [1.807, 2.05) is 55.5 Å². The van der Waals surface area contributed by atoms with Crippen molar-refractivity contribution in [2.45, 2.75) is 98.4 Å². The molecule has 0 radical (unpaired) electrons. The average Bonchev–Trinajstić information content (AvgIpc) is 3.09. The number of ether oxygens (including phenoxy) is 3. The third kappa shape index (κ3) is 5.51. The molecule has 1 saturated heterocycles. The van der Waals surface area contributed by atoms with Crippen LogP contribution in [0.25, 0.3) is 0 Å². The summed E-state index contributed by atoms with van der Waals surface area (Å²) < 4.78 is 18.8. The van der Waals surface area contributed by atoms with Gasteiger partial charge in [-0.3, -0.25) is 14.4 Å². The van der Waals surface area contributed by atoms with E-state index >= 15 is 4.79 Å². The Morgan fingerprint density at radius 3 is 2.23 bits per heavy atom. The zero-order chi connectivity index (χ0) is 34.5. The Morgan fingerprint density at radius 2 is 1.65 bits per heavy atom. The summed E-state index contributed by atoms with van der Waals surface area (Å²) in [6.45, 7) is 15.4. The van der Waals surface area contributed by atoms with Crippen molar-refractivity contribution in [1.29, 1.82) is 0 Å². The fourth-order valence-electron chi connectivity index (χ4n) is 10.6. The van der Waals surface area contributed by atoms with Gasteiger partial charge in [-0.15, -0.1) is 0 Å². The van der Waals surface area contributed by atoms with Gasteiger partial charge in [-0.05, 0) is 66.9 Å². The first-order valence-electron chi connectivity index (χ1n) is 18.1. The Hall–Kier alpha value is -3.09. The second-order valence-electron chi connectivity index (χ2n) is 15.7. The number of ketones is 2. The molecular formula is C42H54O6. The van der Waals surface area contributed by atoms with Crippen molar-refractivity contribution in [2.24, 2.45) is 46.3 Å². The van der Waals surface area contributed by atoms with Crippen molar-refractivity contribution in [3.8, 4) is 0 Å². The van der Waals surface area contributed by atoms with E-state index in [4.69, 9.17) is 14.2 Å². The lowest BCUT2D eigenvalue weighted by atomic mass is 9.43. The molecule has 258 valence electrons. The lowest BCUT2D eigenvalue weighted by molar-refractivity contribution is -0.246. The lowest BCUT2D eigenvalue weighted by Crippen LogP contribution is -2.68. The molecule has 0 amide bonds. The predicted molar refractivity (Wildman–Crippen MR) is 186 cm³/mol. The number of rotatable bonds is 9. The minimum atomic E-state index is -0.789. The number of Topliss-reactive ketones (excluding diaryl/α,β-unsaturated/α-hetero) is 2. The number of carbonyl (C=O) groups is 3. The molecule has 1 aliphatic heterocycles. The highest BCUT2D eigenvalue weighted by Gasteiger charge is 2.67. The van der Waals surface area contributed by atoms with E-state index in [-0.39, 0.29) is 76.6 Å². The van der Waals surface area contributed by atoms with E-state index < -0.39 is 11.5 Å². The van der Waals surface area contributed by atoms with E-state index in [0.717, 1.165) is 23.1 Å². The highest BCUT2D eigenvalue weighted by molar-refractivity contribution is 5.96. The normalized spacial score (nSPS) is 37.2. The Balaban J connectivity index is 1.46. The van der Waals surface area contributed by atoms with Gasteiger partial charge in [0.15, 0.2) is 5.78 Å². The summed E-state index contributed by atoms with van der Waals surface area (Å²) >= 11 is 0. The molecule has 2 aromatic rings. The fraction of sp³-hybridized carbons (Fsp3) is 0.595. The number of methoxy groups -OCH3 is 1. The number of allylic oxidation sites excluding steroid dienone is 1. The van der Waals surface area contributed by atoms with Crippen LogP contribution in [0, 0.1) is 46.3 Å². The van der Waals surface area contributed by atoms with Gasteiger partial charge in [-0.1, -0.05) is 101 Å². The molecule has 6 nitrogen and oxygen atoms in total. The maximum absolute atomic E-state index is 15.2. The molecule has 2 aromatic carbocycles. The van der Waals surface area contributed by atoms with Gasteiger partial charge in [0.25, 0.3) is 0 Å². The van der Waals surface area contributed by atoms with Crippen LogP contribution in [-0.4, -0.2) is 49.6 Å². The second-order valence-corrected chi connectivity index (χ2v) is 15.7. The Kier molecular flexibility index (Phi) is 9.65. The van der Waals surface area contributed by atoms with Gasteiger partial charge in [0.05, 0.1) is 30.1 Å². The van der Waals surface area contributed by atoms with Crippen LogP contribution in [-0.2, 0) is 23.8 Å². The molecule has 4 aliphatic rings. The molecule has 6 heteroatoms. The number of fused-ring (bicyclic) bond motifs is 5. The van der Waals surface area contributed by atoms with Crippen LogP contribution in [0.4, 0.5) is 0 Å². The molecule has 0 spiro atoms. The zero-order valence-electron chi connectivity index (χ0n) is 30.0. The van der Waals surface area contributed by atoms with Gasteiger partial charge in [0.1, 0.15) is 11.9 Å². The van der Waals surface area contributed by atoms with Gasteiger partial charge in [-0.2, -0.15) is 0 Å². The molecule has 0 aromatic heterocycles. The summed E-state index contributed by atoms with van der Waals surface area (Å²) in [6, 6.07) is 19.6. The van der Waals surface area contributed by atoms with Crippen molar-refractivity contribution < 1.29 is 28.6 Å². The average molecular weight is 655 g/mol. The van der Waals surface area contributed by atoms with Crippen LogP contribution in [0.15, 0.2) is 71.8 Å². The third-order valence-electron chi connectivity index (χ3n) is 13.6. The minimum Gasteiger partial charge on any atom is -0.458 e. The first-order chi connectivity index (χ1) is 22.9. The lowest BCUT2D eigenvalue weighted by Gasteiger charge is -2.64. The van der Waals surface area contributed by atoms with E-state index in [2.05, 4.69) is 53.7 Å². The highest BCUT2D eigenvalue weighted by atomic mass is 16.5. The van der Waals surface area contributed by atoms with Gasteiger partial charge in [0, 0.05) is 37.4 Å². The maximum Gasteiger partial charge on any atom is 0.309 e. The molecule has 2 saturated carbocycles. The first kappa shape index (κ1) is 34.8. The minimum absolute atomic E-state index is 0.00486. The van der Waals surface area contributed by atoms with Crippen LogP contribution in [0.1, 0.15) is 96.0 Å². The Labute approximate surface area is 287 Å². The first-order valence-corrected chi connectivity index (χ1v) is 18.1. The highest BCUT2D eigenvalue weighted by Crippen LogP contribution is 2.65. The standard InChI is InChI=1S/C42H54O6/c1-9-41(6)32-21-34(48-40(45)25(3)24(2)28-16-12-10-13-17-28)26(4)37(41)27(5)39(44)42(7)36(46-8)22-35-31(23-47-35)38(42)30(32)20-33(43)29-18-14-11-15-19-29/h10-19,24-25,27,30-32,34-36,38H,9,20-23H2,1-8H3/t24?,25-,27?,30?,31-,32?,34+,35-,36?,38?,41-,42-/m1/s1. The topological polar surface area (TPSA) is 78.9 Å². The van der Waals surface area contributed by atoms with E-state index in [1.165, 1.54) is 0 Å². The SMILES string of the molecule is CC[C@@]1(C)C2=C(C)[C@@H](OC(=O)[C@H](C)C(C)c3ccccc3)CC1C(CC(=O)c1ccccc1)C1[C@@H]3CO[C@@H]3CC(OC)[C@@]1(C)C(=O)C2C. The van der Waals surface area contributed by atoms with Crippen LogP contribution in [0.3, 0.4) is 0 Å². The van der Waals surface area contributed by atoms with Crippen molar-refractivity contribution in [3.63, 3.8) is 0 Å². The quantitative estimate of drug-likeness (QED) is 0.154. The van der Waals surface area contributed by atoms with E-state index in [1.54, 1.807) is 7.11 Å². The van der Waals surface area contributed by atoms with Crippen molar-refractivity contribution in [2.75, 3.05) is 13.7 Å². The van der Waals surface area contributed by atoms with Crippen molar-refractivity contribution in [1.82, 2.24) is 0 Å². The molecule has 12 atom stereocenters. The molecule has 3 fully saturated rings. The summed E-state index contributed by atoms with van der Waals surface area (Å²) in [5.41, 5.74) is 2.73. The van der Waals surface area contributed by atoms with Gasteiger partial charge in [0.2, 0.25) is 0 Å². The van der Waals surface area contributed by atoms with Crippen LogP contribution in [0.2, 0.25) is 0 Å². The number of benzene rings is 2. The molecule has 6 rings (SSSR count). The van der Waals surface area contributed by atoms with Gasteiger partial charge < -0.3 is 14.2 Å². The fourth-order valence-corrected chi connectivity index (χ4v) is 10.6. The van der Waals surface area contributed by atoms with Gasteiger partial charge in [-0.25, -0.2) is 0 Å². The number of hydrogen-bond acceptors (Lipinski definition) is 6. The molecule has 6 unspecified atom stereocenters. The molecule has 1 heterocycles. The summed E-state index contributed by atoms with van der Waals surface area (Å²) in [7, 11) is 1.71. The molecule has 2 bridgehead atoms. The molecule has 48 heavy (non-hydrogen) atoms. The van der Waals surface area contributed by atoms with Crippen LogP contribution in [0.5, 0.6) is 0 Å². The van der Waals surface area contributed by atoms with E-state index in [9.17, 15) is 9.59 Å². The maximum atomic E-state index is 15.2. The molecular weight excluding hydrogens is 600 g/mol. The summed E-state index contributed by atoms with van der Waals surface area (Å²) in [4.78, 5) is 43.3. The van der Waals surface area contributed by atoms with Crippen LogP contribution < -0.4 is 0 Å². The predicted octanol–water partition coefficient (Wildman–Crippen LogP) is 8.25. The van der Waals surface area contributed by atoms with Crippen molar-refractivity contribution in [3.05, 3.63) is 82.9 Å². The Morgan fingerprint density at radius 1 is 1.00 bits per heavy atom. The smallest absolute Gasteiger partial charge is 0.309 e. The zero-order valence-corrected chi connectivity index (χ0v) is 30.0. The molecule has 0 N–H and O–H groups in total. The summed E-state index contributed by atoms with van der Waals surface area (Å²) in [5, 5.41) is 0. The largest absolute Gasteiger partial charge is 0.458 e. The second kappa shape index (κ2) is 13.3. The van der Waals surface area contributed by atoms with Crippen LogP contribution >= 0.6 is 0 Å². The number of carbonyl (C=O) groups excluding carboxylic acids is 3. The number of hydrogen-bond donors (Lipinski definition) is 0. The number of esters is 1. The Bertz CT molecular complexity index is 1550. The monoisotopic (exact) mass is 654 g/mol. The summed E-state index contributed by atoms with van der Waals surface area (Å²) in [6.07, 6.45) is 1.67. The summed E-state index contributed by atoms with van der Waals surface area (Å²) in [5.74, 6) is -0.782. The molecule has 3 aliphatic carbocycles. The van der Waals surface area contributed by atoms with Crippen molar-refractivity contribution >= 4 is 17.5 Å². The van der Waals surface area contributed by atoms with E-state index in [0.29, 0.717) is 31.4 Å². The van der Waals surface area contributed by atoms with Gasteiger partial charge >= 0.3 is 5.97 Å².